The average Bonchev–Trinajstić information content (AvgIpc) is 3.13. The number of esters is 1. The number of alkyl halides is 1. The molecule has 2 unspecified atom stereocenters. The van der Waals surface area contributed by atoms with E-state index in [1.807, 2.05) is 0 Å². The Morgan fingerprint density at radius 2 is 2.26 bits per heavy atom. The third-order valence-corrected chi connectivity index (χ3v) is 3.58. The molecule has 0 aliphatic heterocycles. The van der Waals surface area contributed by atoms with Crippen molar-refractivity contribution in [3.05, 3.63) is 29.8 Å². The zero-order valence-electron chi connectivity index (χ0n) is 11.2. The summed E-state index contributed by atoms with van der Waals surface area (Å²) in [6.45, 7) is 3.10. The van der Waals surface area contributed by atoms with Crippen LogP contribution in [0.4, 0.5) is 4.39 Å². The number of phenols is 1. The zero-order valence-corrected chi connectivity index (χ0v) is 11.2. The third-order valence-electron chi connectivity index (χ3n) is 3.58. The molecule has 4 heteroatoms. The number of hydrogen-bond donors (Lipinski definition) is 1. The van der Waals surface area contributed by atoms with Gasteiger partial charge >= 0.3 is 5.97 Å². The van der Waals surface area contributed by atoms with E-state index in [1.165, 1.54) is 19.1 Å². The number of benzene rings is 1. The van der Waals surface area contributed by atoms with Crippen molar-refractivity contribution >= 4 is 5.97 Å². The molecule has 0 heterocycles. The van der Waals surface area contributed by atoms with Gasteiger partial charge in [0.15, 0.2) is 0 Å². The average molecular weight is 266 g/mol. The Hall–Kier alpha value is -1.58. The minimum absolute atomic E-state index is 0.0859. The minimum Gasteiger partial charge on any atom is -0.508 e. The largest absolute Gasteiger partial charge is 0.508 e. The smallest absolute Gasteiger partial charge is 0.344 e. The summed E-state index contributed by atoms with van der Waals surface area (Å²) < 4.78 is 19.7. The van der Waals surface area contributed by atoms with Crippen LogP contribution in [0.25, 0.3) is 0 Å². The first-order valence-corrected chi connectivity index (χ1v) is 6.62. The molecule has 0 aromatic heterocycles. The Balaban J connectivity index is 2.32. The Morgan fingerprint density at radius 3 is 2.79 bits per heavy atom. The molecule has 2 atom stereocenters. The van der Waals surface area contributed by atoms with Gasteiger partial charge in [0.1, 0.15) is 5.75 Å². The Bertz CT molecular complexity index is 466. The number of ether oxygens (including phenoxy) is 1. The van der Waals surface area contributed by atoms with Crippen molar-refractivity contribution < 1.29 is 19.0 Å². The van der Waals surface area contributed by atoms with E-state index in [-0.39, 0.29) is 18.3 Å². The van der Waals surface area contributed by atoms with Crippen molar-refractivity contribution in [3.8, 4) is 5.75 Å². The Kier molecular flexibility index (Phi) is 3.78. The fraction of sp³-hybridized carbons (Fsp3) is 0.533. The summed E-state index contributed by atoms with van der Waals surface area (Å²) in [6, 6.07) is 6.48. The zero-order chi connectivity index (χ0) is 14.0. The Labute approximate surface area is 112 Å². The summed E-state index contributed by atoms with van der Waals surface area (Å²) in [4.78, 5) is 11.8. The first-order chi connectivity index (χ1) is 8.96. The molecule has 3 nitrogen and oxygen atoms in total. The number of aromatic hydroxyl groups is 1. The van der Waals surface area contributed by atoms with Crippen LogP contribution in [0.1, 0.15) is 38.2 Å². The normalized spacial score (nSPS) is 19.5. The maximum absolute atomic E-state index is 14.9. The van der Waals surface area contributed by atoms with Gasteiger partial charge in [-0.05, 0) is 50.3 Å². The maximum atomic E-state index is 14.9. The maximum Gasteiger partial charge on any atom is 0.344 e. The van der Waals surface area contributed by atoms with Crippen molar-refractivity contribution in [1.82, 2.24) is 0 Å². The van der Waals surface area contributed by atoms with Crippen molar-refractivity contribution in [1.29, 1.82) is 0 Å². The van der Waals surface area contributed by atoms with E-state index < -0.39 is 17.6 Å². The molecule has 1 N–H and O–H groups in total. The molecular formula is C15H19FO3. The van der Waals surface area contributed by atoms with Gasteiger partial charge in [-0.1, -0.05) is 12.1 Å². The molecule has 0 spiro atoms. The van der Waals surface area contributed by atoms with Crippen LogP contribution in [0, 0.1) is 5.92 Å². The second-order valence-electron chi connectivity index (χ2n) is 5.21. The lowest BCUT2D eigenvalue weighted by atomic mass is 9.81. The second kappa shape index (κ2) is 5.19. The molecule has 0 amide bonds. The Morgan fingerprint density at radius 1 is 1.58 bits per heavy atom. The van der Waals surface area contributed by atoms with Crippen LogP contribution in [0.15, 0.2) is 24.3 Å². The van der Waals surface area contributed by atoms with Gasteiger partial charge in [-0.2, -0.15) is 0 Å². The van der Waals surface area contributed by atoms with Gasteiger partial charge < -0.3 is 9.84 Å². The van der Waals surface area contributed by atoms with Crippen LogP contribution in [0.2, 0.25) is 0 Å². The third kappa shape index (κ3) is 2.88. The highest BCUT2D eigenvalue weighted by Gasteiger charge is 2.50. The number of rotatable bonds is 5. The molecule has 0 bridgehead atoms. The second-order valence-corrected chi connectivity index (χ2v) is 5.21. The summed E-state index contributed by atoms with van der Waals surface area (Å²) in [6.07, 6.45) is 1.80. The summed E-state index contributed by atoms with van der Waals surface area (Å²) in [7, 11) is 0. The molecule has 0 saturated heterocycles. The van der Waals surface area contributed by atoms with E-state index in [0.717, 1.165) is 12.8 Å². The van der Waals surface area contributed by atoms with E-state index >= 15 is 0 Å². The summed E-state index contributed by atoms with van der Waals surface area (Å²) in [5.74, 6) is -1.15. The van der Waals surface area contributed by atoms with Crippen molar-refractivity contribution in [3.63, 3.8) is 0 Å². The topological polar surface area (TPSA) is 46.5 Å². The lowest BCUT2D eigenvalue weighted by Crippen LogP contribution is -2.39. The lowest BCUT2D eigenvalue weighted by molar-refractivity contribution is -0.158. The van der Waals surface area contributed by atoms with E-state index in [2.05, 4.69) is 0 Å². The molecular weight excluding hydrogens is 247 g/mol. The fourth-order valence-electron chi connectivity index (χ4n) is 2.57. The number of carbonyl (C=O) groups excluding carboxylic acids is 1. The molecule has 1 aliphatic carbocycles. The van der Waals surface area contributed by atoms with Gasteiger partial charge in [-0.3, -0.25) is 0 Å². The molecule has 1 aliphatic rings. The summed E-state index contributed by atoms with van der Waals surface area (Å²) in [5.41, 5.74) is -1.41. The number of phenolic OH excluding ortho intramolecular Hbond substituents is 1. The van der Waals surface area contributed by atoms with Gasteiger partial charge in [-0.15, -0.1) is 0 Å². The SMILES string of the molecule is CCOC(=O)C(C)(F)C(c1cccc(O)c1)C1CC1. The fourth-order valence-corrected chi connectivity index (χ4v) is 2.57. The van der Waals surface area contributed by atoms with Gasteiger partial charge in [0, 0.05) is 5.92 Å². The van der Waals surface area contributed by atoms with E-state index in [0.29, 0.717) is 5.56 Å². The van der Waals surface area contributed by atoms with Crippen LogP contribution in [0.3, 0.4) is 0 Å². The molecule has 1 saturated carbocycles. The number of halogens is 1. The standard InChI is InChI=1S/C15H19FO3/c1-3-19-14(18)15(2,16)13(10-7-8-10)11-5-4-6-12(17)9-11/h4-6,9-10,13,17H,3,7-8H2,1-2H3. The van der Waals surface area contributed by atoms with Gasteiger partial charge in [0.25, 0.3) is 0 Å². The van der Waals surface area contributed by atoms with Gasteiger partial charge in [-0.25, -0.2) is 9.18 Å². The predicted molar refractivity (Wildman–Crippen MR) is 69.7 cm³/mol. The van der Waals surface area contributed by atoms with E-state index in [1.54, 1.807) is 19.1 Å². The van der Waals surface area contributed by atoms with Crippen molar-refractivity contribution in [2.45, 2.75) is 38.3 Å². The monoisotopic (exact) mass is 266 g/mol. The van der Waals surface area contributed by atoms with Crippen molar-refractivity contribution in [2.24, 2.45) is 5.92 Å². The quantitative estimate of drug-likeness (QED) is 0.833. The van der Waals surface area contributed by atoms with Crippen molar-refractivity contribution in [2.75, 3.05) is 6.61 Å². The summed E-state index contributed by atoms with van der Waals surface area (Å²) in [5, 5.41) is 9.53. The highest BCUT2D eigenvalue weighted by atomic mass is 19.1. The van der Waals surface area contributed by atoms with Gasteiger partial charge in [0.05, 0.1) is 6.61 Å². The molecule has 2 rings (SSSR count). The first kappa shape index (κ1) is 13.8. The number of hydrogen-bond acceptors (Lipinski definition) is 3. The molecule has 19 heavy (non-hydrogen) atoms. The van der Waals surface area contributed by atoms with Crippen LogP contribution in [-0.4, -0.2) is 23.4 Å². The molecule has 1 aromatic rings. The highest BCUT2D eigenvalue weighted by Crippen LogP contribution is 2.50. The van der Waals surface area contributed by atoms with Crippen LogP contribution in [-0.2, 0) is 9.53 Å². The number of carbonyl (C=O) groups is 1. The first-order valence-electron chi connectivity index (χ1n) is 6.62. The summed E-state index contributed by atoms with van der Waals surface area (Å²) >= 11 is 0. The predicted octanol–water partition coefficient (Wildman–Crippen LogP) is 3.18. The molecule has 1 fully saturated rings. The van der Waals surface area contributed by atoms with Crippen LogP contribution >= 0.6 is 0 Å². The lowest BCUT2D eigenvalue weighted by Gasteiger charge is -2.29. The van der Waals surface area contributed by atoms with Crippen LogP contribution in [0.5, 0.6) is 5.75 Å². The van der Waals surface area contributed by atoms with E-state index in [4.69, 9.17) is 4.74 Å². The minimum atomic E-state index is -2.06. The van der Waals surface area contributed by atoms with Gasteiger partial charge in [0.2, 0.25) is 5.67 Å². The molecule has 0 radical (unpaired) electrons. The molecule has 1 aromatic carbocycles. The van der Waals surface area contributed by atoms with E-state index in [9.17, 15) is 14.3 Å². The van der Waals surface area contributed by atoms with Crippen LogP contribution < -0.4 is 0 Å². The molecule has 104 valence electrons. The highest BCUT2D eigenvalue weighted by molar-refractivity contribution is 5.80.